The van der Waals surface area contributed by atoms with Crippen LogP contribution in [0.4, 0.5) is 0 Å². The van der Waals surface area contributed by atoms with Crippen molar-refractivity contribution in [1.29, 1.82) is 0 Å². The second-order valence-electron chi connectivity index (χ2n) is 16.2. The first-order valence-electron chi connectivity index (χ1n) is 15.6. The fourth-order valence-corrected chi connectivity index (χ4v) is 6.20. The van der Waals surface area contributed by atoms with Crippen molar-refractivity contribution in [3.63, 3.8) is 0 Å². The third-order valence-corrected chi connectivity index (χ3v) is 8.64. The SMILES string of the molecule is CC(C)(C)c1ccc(-c2ccc3c(c2-c2ccc(C(C)(C)C)cc2C(C)(C)C)=c2ccccc2=3)c(C(C)(C)C)c1.OP(O)O. The van der Waals surface area contributed by atoms with Crippen LogP contribution in [0.25, 0.3) is 22.3 Å². The molecule has 0 fully saturated rings. The summed E-state index contributed by atoms with van der Waals surface area (Å²) in [7, 11) is -2.62. The summed E-state index contributed by atoms with van der Waals surface area (Å²) in [6, 6.07) is 28.2. The van der Waals surface area contributed by atoms with Crippen molar-refractivity contribution < 1.29 is 14.7 Å². The van der Waals surface area contributed by atoms with Crippen LogP contribution in [0.3, 0.4) is 0 Å². The van der Waals surface area contributed by atoms with E-state index in [0.29, 0.717) is 0 Å². The zero-order valence-electron chi connectivity index (χ0n) is 28.7. The molecule has 0 aliphatic heterocycles. The molecule has 0 spiro atoms. The van der Waals surface area contributed by atoms with Gasteiger partial charge in [0.1, 0.15) is 0 Å². The largest absolute Gasteiger partial charge is 0.328 e. The Balaban J connectivity index is 0.00000104. The number of hydrogen-bond acceptors (Lipinski definition) is 3. The Morgan fingerprint density at radius 3 is 1.30 bits per heavy atom. The van der Waals surface area contributed by atoms with Gasteiger partial charge in [-0.1, -0.05) is 156 Å². The summed E-state index contributed by atoms with van der Waals surface area (Å²) in [4.78, 5) is 21.7. The predicted octanol–water partition coefficient (Wildman–Crippen LogP) is 10.3. The van der Waals surface area contributed by atoms with Gasteiger partial charge in [-0.25, -0.2) is 0 Å². The van der Waals surface area contributed by atoms with E-state index in [1.165, 1.54) is 65.4 Å². The second-order valence-corrected chi connectivity index (χ2v) is 16.8. The third kappa shape index (κ3) is 6.87. The molecule has 0 heterocycles. The number of hydrogen-bond donors (Lipinski definition) is 3. The molecule has 4 aromatic carbocycles. The number of rotatable bonds is 2. The lowest BCUT2D eigenvalue weighted by Gasteiger charge is -2.31. The molecule has 1 aliphatic rings. The zero-order valence-corrected chi connectivity index (χ0v) is 29.6. The normalized spacial score (nSPS) is 13.1. The van der Waals surface area contributed by atoms with Crippen LogP contribution in [-0.4, -0.2) is 14.7 Å². The van der Waals surface area contributed by atoms with Crippen LogP contribution < -0.4 is 0 Å². The highest BCUT2D eigenvalue weighted by atomic mass is 31.2. The standard InChI is InChI=1S/C40H48.H3O3P/c1-37(2,3)25-17-19-28(33(23-25)39(7,8)9)31-22-21-30-27-15-13-14-16-29(27)35(30)36(31)32-20-18-26(38(4,5)6)24-34(32)40(10,11)12;1-4(2)3/h13-24H,1-12H3;1-3H. The van der Waals surface area contributed by atoms with E-state index in [4.69, 9.17) is 14.7 Å². The van der Waals surface area contributed by atoms with Crippen molar-refractivity contribution in [3.05, 3.63) is 116 Å². The molecule has 0 unspecified atom stereocenters. The van der Waals surface area contributed by atoms with Crippen molar-refractivity contribution in [2.75, 3.05) is 0 Å². The lowest BCUT2D eigenvalue weighted by atomic mass is 9.73. The molecule has 1 aliphatic carbocycles. The van der Waals surface area contributed by atoms with Gasteiger partial charge in [-0.3, -0.25) is 0 Å². The van der Waals surface area contributed by atoms with Gasteiger partial charge < -0.3 is 14.7 Å². The molecular formula is C40H51O3P. The molecule has 4 heteroatoms. The topological polar surface area (TPSA) is 60.7 Å². The Hall–Kier alpha value is -2.81. The van der Waals surface area contributed by atoms with Crippen LogP contribution in [-0.2, 0) is 21.7 Å². The Morgan fingerprint density at radius 1 is 0.432 bits per heavy atom. The van der Waals surface area contributed by atoms with Gasteiger partial charge in [0, 0.05) is 0 Å². The van der Waals surface area contributed by atoms with E-state index >= 15 is 0 Å². The summed E-state index contributed by atoms with van der Waals surface area (Å²) in [5.74, 6) is 0. The highest BCUT2D eigenvalue weighted by Gasteiger charge is 2.28. The summed E-state index contributed by atoms with van der Waals surface area (Å²) >= 11 is 0. The van der Waals surface area contributed by atoms with Crippen molar-refractivity contribution in [1.82, 2.24) is 0 Å². The molecule has 234 valence electrons. The highest BCUT2D eigenvalue weighted by Crippen LogP contribution is 2.45. The van der Waals surface area contributed by atoms with Crippen LogP contribution in [0.5, 0.6) is 0 Å². The maximum atomic E-state index is 7.23. The van der Waals surface area contributed by atoms with Crippen LogP contribution >= 0.6 is 8.60 Å². The molecule has 0 saturated heterocycles. The van der Waals surface area contributed by atoms with Crippen molar-refractivity contribution in [2.45, 2.75) is 105 Å². The van der Waals surface area contributed by atoms with Crippen LogP contribution in [0.2, 0.25) is 0 Å². The third-order valence-electron chi connectivity index (χ3n) is 8.64. The number of fused-ring (bicyclic) bond motifs is 2. The Labute approximate surface area is 265 Å². The van der Waals surface area contributed by atoms with Gasteiger partial charge in [-0.05, 0) is 87.0 Å². The highest BCUT2D eigenvalue weighted by molar-refractivity contribution is 7.38. The molecule has 3 nitrogen and oxygen atoms in total. The summed E-state index contributed by atoms with van der Waals surface area (Å²) < 4.78 is 0. The van der Waals surface area contributed by atoms with E-state index < -0.39 is 8.60 Å². The molecule has 5 rings (SSSR count). The monoisotopic (exact) mass is 610 g/mol. The van der Waals surface area contributed by atoms with Crippen LogP contribution in [0, 0.1) is 20.9 Å². The van der Waals surface area contributed by atoms with E-state index in [2.05, 4.69) is 156 Å². The van der Waals surface area contributed by atoms with Crippen LogP contribution in [0.15, 0.2) is 72.8 Å². The van der Waals surface area contributed by atoms with Crippen molar-refractivity contribution >= 4 is 8.60 Å². The molecule has 3 N–H and O–H groups in total. The Bertz CT molecular complexity index is 1870. The van der Waals surface area contributed by atoms with E-state index in [1.807, 2.05) is 0 Å². The molecule has 0 bridgehead atoms. The molecule has 44 heavy (non-hydrogen) atoms. The van der Waals surface area contributed by atoms with E-state index in [1.54, 1.807) is 0 Å². The first-order valence-corrected chi connectivity index (χ1v) is 16.8. The van der Waals surface area contributed by atoms with E-state index in [9.17, 15) is 0 Å². The Morgan fingerprint density at radius 2 is 0.841 bits per heavy atom. The molecule has 4 aromatic rings. The fourth-order valence-electron chi connectivity index (χ4n) is 6.20. The minimum absolute atomic E-state index is 0.00278. The second kappa shape index (κ2) is 11.8. The maximum Gasteiger partial charge on any atom is 0.324 e. The van der Waals surface area contributed by atoms with Gasteiger partial charge in [-0.2, -0.15) is 0 Å². The van der Waals surface area contributed by atoms with E-state index in [-0.39, 0.29) is 21.7 Å². The summed E-state index contributed by atoms with van der Waals surface area (Å²) in [6.45, 7) is 28.0. The van der Waals surface area contributed by atoms with Gasteiger partial charge in [0.05, 0.1) is 0 Å². The lowest BCUT2D eigenvalue weighted by molar-refractivity contribution is 0.368. The van der Waals surface area contributed by atoms with Gasteiger partial charge in [0.15, 0.2) is 0 Å². The van der Waals surface area contributed by atoms with Crippen molar-refractivity contribution in [3.8, 4) is 22.3 Å². The molecule has 0 radical (unpaired) electrons. The quantitative estimate of drug-likeness (QED) is 0.174. The van der Waals surface area contributed by atoms with Gasteiger partial charge in [0.2, 0.25) is 0 Å². The molecule has 0 atom stereocenters. The van der Waals surface area contributed by atoms with Crippen molar-refractivity contribution in [2.24, 2.45) is 0 Å². The Kier molecular flexibility index (Phi) is 9.17. The lowest BCUT2D eigenvalue weighted by Crippen LogP contribution is -2.18. The summed E-state index contributed by atoms with van der Waals surface area (Å²) in [5, 5.41) is 5.52. The summed E-state index contributed by atoms with van der Waals surface area (Å²) in [6.07, 6.45) is 0. The number of benzene rings is 4. The minimum atomic E-state index is -2.62. The first kappa shape index (κ1) is 34.1. The van der Waals surface area contributed by atoms with Gasteiger partial charge in [-0.15, -0.1) is 0 Å². The minimum Gasteiger partial charge on any atom is -0.328 e. The fraction of sp³-hybridized carbons (Fsp3) is 0.400. The molecule has 0 amide bonds. The van der Waals surface area contributed by atoms with Gasteiger partial charge in [0.25, 0.3) is 0 Å². The van der Waals surface area contributed by atoms with Crippen LogP contribution in [0.1, 0.15) is 105 Å². The summed E-state index contributed by atoms with van der Waals surface area (Å²) in [5.41, 5.74) is 11.3. The smallest absolute Gasteiger partial charge is 0.324 e. The first-order chi connectivity index (χ1) is 20.1. The molecular weight excluding hydrogens is 559 g/mol. The average Bonchev–Trinajstić information content (AvgIpc) is 2.88. The molecule has 0 saturated carbocycles. The predicted molar refractivity (Wildman–Crippen MR) is 187 cm³/mol. The zero-order chi connectivity index (χ0) is 33.0. The van der Waals surface area contributed by atoms with E-state index in [0.717, 1.165) is 0 Å². The average molecular weight is 611 g/mol. The van der Waals surface area contributed by atoms with Gasteiger partial charge >= 0.3 is 8.60 Å². The molecule has 0 aromatic heterocycles. The maximum absolute atomic E-state index is 7.23.